The van der Waals surface area contributed by atoms with Crippen molar-refractivity contribution in [3.05, 3.63) is 53.6 Å². The van der Waals surface area contributed by atoms with Crippen LogP contribution in [0.1, 0.15) is 11.1 Å². The van der Waals surface area contributed by atoms with Crippen molar-refractivity contribution in [2.24, 2.45) is 0 Å². The molecule has 0 saturated heterocycles. The highest BCUT2D eigenvalue weighted by Crippen LogP contribution is 2.23. The Hall–Kier alpha value is -2.01. The van der Waals surface area contributed by atoms with E-state index < -0.39 is 10.0 Å². The minimum absolute atomic E-state index is 0.250. The summed E-state index contributed by atoms with van der Waals surface area (Å²) in [6, 6.07) is 12.1. The van der Waals surface area contributed by atoms with Crippen molar-refractivity contribution in [3.8, 4) is 5.75 Å². The first-order chi connectivity index (χ1) is 9.42. The van der Waals surface area contributed by atoms with Crippen LogP contribution in [0.2, 0.25) is 0 Å². The Labute approximate surface area is 119 Å². The van der Waals surface area contributed by atoms with Crippen molar-refractivity contribution in [1.29, 1.82) is 0 Å². The Balaban J connectivity index is 2.36. The number of sulfonamides is 1. The average Bonchev–Trinajstić information content (AvgIpc) is 2.37. The lowest BCUT2D eigenvalue weighted by Crippen LogP contribution is -2.14. The number of anilines is 1. The maximum Gasteiger partial charge on any atom is 0.262 e. The average molecular weight is 291 g/mol. The van der Waals surface area contributed by atoms with Gasteiger partial charge in [0.25, 0.3) is 10.0 Å². The van der Waals surface area contributed by atoms with Gasteiger partial charge in [0.2, 0.25) is 0 Å². The summed E-state index contributed by atoms with van der Waals surface area (Å²) < 4.78 is 32.4. The summed E-state index contributed by atoms with van der Waals surface area (Å²) in [5.41, 5.74) is 2.20. The van der Waals surface area contributed by atoms with E-state index in [1.165, 1.54) is 0 Å². The van der Waals surface area contributed by atoms with Crippen molar-refractivity contribution in [2.45, 2.75) is 18.7 Å². The molecule has 20 heavy (non-hydrogen) atoms. The van der Waals surface area contributed by atoms with E-state index in [4.69, 9.17) is 4.74 Å². The minimum Gasteiger partial charge on any atom is -0.497 e. The molecule has 2 aromatic rings. The van der Waals surface area contributed by atoms with Crippen LogP contribution in [0.5, 0.6) is 5.75 Å². The molecule has 2 rings (SSSR count). The summed E-state index contributed by atoms with van der Waals surface area (Å²) in [6.07, 6.45) is 0. The largest absolute Gasteiger partial charge is 0.497 e. The second-order valence-corrected chi connectivity index (χ2v) is 6.26. The third kappa shape index (κ3) is 3.11. The summed E-state index contributed by atoms with van der Waals surface area (Å²) >= 11 is 0. The number of rotatable bonds is 4. The first kappa shape index (κ1) is 14.4. The number of methoxy groups -OCH3 is 1. The van der Waals surface area contributed by atoms with E-state index in [1.807, 2.05) is 19.1 Å². The van der Waals surface area contributed by atoms with Gasteiger partial charge in [-0.3, -0.25) is 4.72 Å². The van der Waals surface area contributed by atoms with Crippen LogP contribution in [0.4, 0.5) is 5.69 Å². The Morgan fingerprint density at radius 2 is 1.80 bits per heavy atom. The topological polar surface area (TPSA) is 55.4 Å². The number of hydrogen-bond donors (Lipinski definition) is 1. The summed E-state index contributed by atoms with van der Waals surface area (Å²) in [7, 11) is -2.04. The molecule has 0 saturated carbocycles. The fraction of sp³-hybridized carbons (Fsp3) is 0.200. The lowest BCUT2D eigenvalue weighted by molar-refractivity contribution is 0.414. The highest BCUT2D eigenvalue weighted by molar-refractivity contribution is 7.92. The normalized spacial score (nSPS) is 11.2. The van der Waals surface area contributed by atoms with Crippen LogP contribution in [0.25, 0.3) is 0 Å². The van der Waals surface area contributed by atoms with E-state index in [1.54, 1.807) is 44.4 Å². The van der Waals surface area contributed by atoms with Gasteiger partial charge in [-0.1, -0.05) is 12.1 Å². The molecule has 0 amide bonds. The van der Waals surface area contributed by atoms with Gasteiger partial charge in [-0.05, 0) is 55.3 Å². The lowest BCUT2D eigenvalue weighted by atomic mass is 10.2. The van der Waals surface area contributed by atoms with Gasteiger partial charge in [-0.15, -0.1) is 0 Å². The molecule has 0 aliphatic heterocycles. The molecule has 0 aromatic heterocycles. The van der Waals surface area contributed by atoms with Gasteiger partial charge >= 0.3 is 0 Å². The third-order valence-corrected chi connectivity index (χ3v) is 4.48. The van der Waals surface area contributed by atoms with Crippen LogP contribution < -0.4 is 9.46 Å². The molecule has 0 aliphatic rings. The molecule has 0 spiro atoms. The molecule has 2 aromatic carbocycles. The molecule has 0 heterocycles. The molecule has 1 N–H and O–H groups in total. The van der Waals surface area contributed by atoms with Crippen molar-refractivity contribution in [3.63, 3.8) is 0 Å². The Morgan fingerprint density at radius 3 is 2.40 bits per heavy atom. The fourth-order valence-corrected chi connectivity index (χ4v) is 3.25. The molecule has 0 fully saturated rings. The predicted molar refractivity (Wildman–Crippen MR) is 79.7 cm³/mol. The first-order valence-corrected chi connectivity index (χ1v) is 7.65. The molecular weight excluding hydrogens is 274 g/mol. The molecule has 5 heteroatoms. The van der Waals surface area contributed by atoms with Gasteiger partial charge in [-0.2, -0.15) is 0 Å². The van der Waals surface area contributed by atoms with Crippen LogP contribution in [-0.2, 0) is 10.0 Å². The Kier molecular flexibility index (Phi) is 3.99. The minimum atomic E-state index is -3.59. The second-order valence-electron chi connectivity index (χ2n) is 4.61. The number of benzene rings is 2. The maximum atomic E-state index is 12.4. The smallest absolute Gasteiger partial charge is 0.262 e. The van der Waals surface area contributed by atoms with E-state index in [0.29, 0.717) is 17.0 Å². The summed E-state index contributed by atoms with van der Waals surface area (Å²) in [4.78, 5) is 0.250. The van der Waals surface area contributed by atoms with E-state index in [9.17, 15) is 8.42 Å². The van der Waals surface area contributed by atoms with E-state index in [2.05, 4.69) is 4.72 Å². The van der Waals surface area contributed by atoms with Crippen LogP contribution in [0, 0.1) is 13.8 Å². The van der Waals surface area contributed by atoms with Gasteiger partial charge in [0.05, 0.1) is 12.0 Å². The van der Waals surface area contributed by atoms with Crippen LogP contribution in [0.15, 0.2) is 47.4 Å². The maximum absolute atomic E-state index is 12.4. The predicted octanol–water partition coefficient (Wildman–Crippen LogP) is 3.11. The second kappa shape index (κ2) is 5.54. The van der Waals surface area contributed by atoms with Gasteiger partial charge in [0.15, 0.2) is 0 Å². The van der Waals surface area contributed by atoms with Gasteiger partial charge in [0, 0.05) is 5.69 Å². The quantitative estimate of drug-likeness (QED) is 0.941. The zero-order chi connectivity index (χ0) is 14.8. The first-order valence-electron chi connectivity index (χ1n) is 6.16. The molecule has 0 radical (unpaired) electrons. The Bertz CT molecular complexity index is 724. The molecule has 0 aliphatic carbocycles. The molecular formula is C15H17NO3S. The lowest BCUT2D eigenvalue weighted by Gasteiger charge is -2.11. The zero-order valence-electron chi connectivity index (χ0n) is 11.7. The van der Waals surface area contributed by atoms with E-state index in [-0.39, 0.29) is 4.90 Å². The molecule has 0 unspecified atom stereocenters. The van der Waals surface area contributed by atoms with Crippen LogP contribution in [-0.4, -0.2) is 15.5 Å². The summed E-state index contributed by atoms with van der Waals surface area (Å²) in [5.74, 6) is 0.636. The zero-order valence-corrected chi connectivity index (χ0v) is 12.5. The van der Waals surface area contributed by atoms with Gasteiger partial charge < -0.3 is 4.74 Å². The van der Waals surface area contributed by atoms with Crippen molar-refractivity contribution < 1.29 is 13.2 Å². The SMILES string of the molecule is COc1ccc(S(=O)(=O)Nc2cccc(C)c2)c(C)c1. The van der Waals surface area contributed by atoms with Crippen molar-refractivity contribution >= 4 is 15.7 Å². The number of nitrogens with one attached hydrogen (secondary N) is 1. The molecule has 4 nitrogen and oxygen atoms in total. The van der Waals surface area contributed by atoms with Gasteiger partial charge in [0.1, 0.15) is 5.75 Å². The molecule has 0 atom stereocenters. The van der Waals surface area contributed by atoms with E-state index >= 15 is 0 Å². The molecule has 106 valence electrons. The van der Waals surface area contributed by atoms with Crippen LogP contribution >= 0.6 is 0 Å². The van der Waals surface area contributed by atoms with E-state index in [0.717, 1.165) is 5.56 Å². The molecule has 0 bridgehead atoms. The van der Waals surface area contributed by atoms with Crippen LogP contribution in [0.3, 0.4) is 0 Å². The summed E-state index contributed by atoms with van der Waals surface area (Å²) in [5, 5.41) is 0. The van der Waals surface area contributed by atoms with Gasteiger partial charge in [-0.25, -0.2) is 8.42 Å². The summed E-state index contributed by atoms with van der Waals surface area (Å²) in [6.45, 7) is 3.66. The highest BCUT2D eigenvalue weighted by atomic mass is 32.2. The Morgan fingerprint density at radius 1 is 1.05 bits per heavy atom. The third-order valence-electron chi connectivity index (χ3n) is 2.94. The van der Waals surface area contributed by atoms with Crippen molar-refractivity contribution in [2.75, 3.05) is 11.8 Å². The highest BCUT2D eigenvalue weighted by Gasteiger charge is 2.17. The number of aryl methyl sites for hydroxylation is 2. The standard InChI is InChI=1S/C15H17NO3S/c1-11-5-4-6-13(9-11)16-20(17,18)15-8-7-14(19-3)10-12(15)2/h4-10,16H,1-3H3. The number of hydrogen-bond acceptors (Lipinski definition) is 3. The monoisotopic (exact) mass is 291 g/mol. The van der Waals surface area contributed by atoms with Crippen molar-refractivity contribution in [1.82, 2.24) is 0 Å². The fourth-order valence-electron chi connectivity index (χ4n) is 1.97. The number of ether oxygens (including phenoxy) is 1.